The number of benzene rings is 1. The number of hydrogen-bond donors (Lipinski definition) is 0. The molecule has 0 aromatic heterocycles. The molecule has 1 aromatic rings. The molecule has 2 rings (SSSR count). The Balaban J connectivity index is 2.31. The molecule has 0 heterocycles. The van der Waals surface area contributed by atoms with Gasteiger partial charge in [-0.1, -0.05) is 6.07 Å². The SMILES string of the molecule is Cc1ccc(N(CC2CC2)C(C)C)c(C#N)c1. The molecule has 0 amide bonds. The summed E-state index contributed by atoms with van der Waals surface area (Å²) in [7, 11) is 0. The molecule has 0 radical (unpaired) electrons. The van der Waals surface area contributed by atoms with Gasteiger partial charge in [-0.15, -0.1) is 0 Å². The number of nitriles is 1. The fourth-order valence-electron chi connectivity index (χ4n) is 2.16. The van der Waals surface area contributed by atoms with E-state index in [1.165, 1.54) is 12.8 Å². The van der Waals surface area contributed by atoms with Crippen molar-refractivity contribution in [2.45, 2.75) is 39.7 Å². The highest BCUT2D eigenvalue weighted by Crippen LogP contribution is 2.33. The monoisotopic (exact) mass is 228 g/mol. The molecule has 1 aliphatic rings. The summed E-state index contributed by atoms with van der Waals surface area (Å²) in [6, 6.07) is 8.95. The lowest BCUT2D eigenvalue weighted by Crippen LogP contribution is -2.33. The minimum atomic E-state index is 0.449. The Morgan fingerprint density at radius 1 is 1.41 bits per heavy atom. The van der Waals surface area contributed by atoms with Crippen LogP contribution in [0.15, 0.2) is 18.2 Å². The van der Waals surface area contributed by atoms with E-state index in [-0.39, 0.29) is 0 Å². The summed E-state index contributed by atoms with van der Waals surface area (Å²) in [4.78, 5) is 2.37. The molecule has 1 aliphatic carbocycles. The molecular formula is C15H20N2. The maximum absolute atomic E-state index is 9.25. The van der Waals surface area contributed by atoms with E-state index in [0.717, 1.165) is 29.3 Å². The maximum atomic E-state index is 9.25. The zero-order valence-corrected chi connectivity index (χ0v) is 10.9. The zero-order valence-electron chi connectivity index (χ0n) is 10.9. The first-order valence-electron chi connectivity index (χ1n) is 6.39. The molecule has 90 valence electrons. The van der Waals surface area contributed by atoms with Crippen LogP contribution in [0, 0.1) is 24.2 Å². The van der Waals surface area contributed by atoms with Crippen LogP contribution >= 0.6 is 0 Å². The van der Waals surface area contributed by atoms with E-state index < -0.39 is 0 Å². The summed E-state index contributed by atoms with van der Waals surface area (Å²) in [5, 5.41) is 9.25. The second kappa shape index (κ2) is 4.79. The van der Waals surface area contributed by atoms with Gasteiger partial charge < -0.3 is 4.90 Å². The molecule has 17 heavy (non-hydrogen) atoms. The molecule has 0 spiro atoms. The van der Waals surface area contributed by atoms with Crippen molar-refractivity contribution in [2.24, 2.45) is 5.92 Å². The van der Waals surface area contributed by atoms with Gasteiger partial charge in [0.25, 0.3) is 0 Å². The molecule has 0 N–H and O–H groups in total. The largest absolute Gasteiger partial charge is 0.368 e. The molecule has 2 nitrogen and oxygen atoms in total. The molecule has 0 atom stereocenters. The maximum Gasteiger partial charge on any atom is 0.101 e. The van der Waals surface area contributed by atoms with E-state index in [0.29, 0.717) is 6.04 Å². The summed E-state index contributed by atoms with van der Waals surface area (Å²) in [5.74, 6) is 0.838. The smallest absolute Gasteiger partial charge is 0.101 e. The lowest BCUT2D eigenvalue weighted by Gasteiger charge is -2.30. The molecule has 0 aliphatic heterocycles. The molecule has 0 unspecified atom stereocenters. The van der Waals surface area contributed by atoms with Gasteiger partial charge in [0.05, 0.1) is 11.3 Å². The van der Waals surface area contributed by atoms with Crippen LogP contribution in [0.2, 0.25) is 0 Å². The molecule has 2 heteroatoms. The van der Waals surface area contributed by atoms with E-state index in [1.54, 1.807) is 0 Å². The first-order chi connectivity index (χ1) is 8.11. The molecule has 0 saturated heterocycles. The predicted molar refractivity (Wildman–Crippen MR) is 71.1 cm³/mol. The Morgan fingerprint density at radius 3 is 2.65 bits per heavy atom. The van der Waals surface area contributed by atoms with Crippen molar-refractivity contribution in [1.82, 2.24) is 0 Å². The van der Waals surface area contributed by atoms with Crippen LogP contribution in [0.1, 0.15) is 37.8 Å². The van der Waals surface area contributed by atoms with Crippen LogP contribution in [-0.4, -0.2) is 12.6 Å². The minimum absolute atomic E-state index is 0.449. The van der Waals surface area contributed by atoms with Gasteiger partial charge in [0, 0.05) is 12.6 Å². The van der Waals surface area contributed by atoms with Crippen LogP contribution in [-0.2, 0) is 0 Å². The molecular weight excluding hydrogens is 208 g/mol. The van der Waals surface area contributed by atoms with Gasteiger partial charge in [-0.3, -0.25) is 0 Å². The fourth-order valence-corrected chi connectivity index (χ4v) is 2.16. The van der Waals surface area contributed by atoms with E-state index >= 15 is 0 Å². The second-order valence-corrected chi connectivity index (χ2v) is 5.32. The lowest BCUT2D eigenvalue weighted by molar-refractivity contribution is 0.644. The summed E-state index contributed by atoms with van der Waals surface area (Å²) < 4.78 is 0. The Labute approximate surface area is 104 Å². The quantitative estimate of drug-likeness (QED) is 0.788. The fraction of sp³-hybridized carbons (Fsp3) is 0.533. The van der Waals surface area contributed by atoms with Crippen LogP contribution in [0.4, 0.5) is 5.69 Å². The van der Waals surface area contributed by atoms with Gasteiger partial charge in [0.15, 0.2) is 0 Å². The Kier molecular flexibility index (Phi) is 3.38. The molecule has 1 fully saturated rings. The van der Waals surface area contributed by atoms with Gasteiger partial charge in [-0.25, -0.2) is 0 Å². The third-order valence-corrected chi connectivity index (χ3v) is 3.36. The molecule has 1 saturated carbocycles. The van der Waals surface area contributed by atoms with Crippen molar-refractivity contribution in [2.75, 3.05) is 11.4 Å². The van der Waals surface area contributed by atoms with Gasteiger partial charge in [0.2, 0.25) is 0 Å². The summed E-state index contributed by atoms with van der Waals surface area (Å²) in [5.41, 5.74) is 3.06. The normalized spacial score (nSPS) is 14.8. The summed E-state index contributed by atoms with van der Waals surface area (Å²) in [6.45, 7) is 7.52. The summed E-state index contributed by atoms with van der Waals surface area (Å²) in [6.07, 6.45) is 2.69. The standard InChI is InChI=1S/C15H20N2/c1-11(2)17(10-13-5-6-13)15-7-4-12(3)8-14(15)9-16/h4,7-8,11,13H,5-6,10H2,1-3H3. The Hall–Kier alpha value is -1.49. The minimum Gasteiger partial charge on any atom is -0.368 e. The highest BCUT2D eigenvalue weighted by Gasteiger charge is 2.26. The van der Waals surface area contributed by atoms with E-state index in [2.05, 4.69) is 36.9 Å². The predicted octanol–water partition coefficient (Wildman–Crippen LogP) is 3.49. The molecule has 0 bridgehead atoms. The van der Waals surface area contributed by atoms with Crippen LogP contribution in [0.5, 0.6) is 0 Å². The number of aryl methyl sites for hydroxylation is 1. The van der Waals surface area contributed by atoms with E-state index in [9.17, 15) is 5.26 Å². The van der Waals surface area contributed by atoms with Crippen LogP contribution in [0.25, 0.3) is 0 Å². The van der Waals surface area contributed by atoms with E-state index in [4.69, 9.17) is 0 Å². The van der Waals surface area contributed by atoms with Crippen LogP contribution in [0.3, 0.4) is 0 Å². The number of anilines is 1. The Morgan fingerprint density at radius 2 is 2.12 bits per heavy atom. The third-order valence-electron chi connectivity index (χ3n) is 3.36. The summed E-state index contributed by atoms with van der Waals surface area (Å²) >= 11 is 0. The Bertz CT molecular complexity index is 439. The van der Waals surface area contributed by atoms with Crippen molar-refractivity contribution >= 4 is 5.69 Å². The average molecular weight is 228 g/mol. The van der Waals surface area contributed by atoms with Crippen molar-refractivity contribution in [1.29, 1.82) is 5.26 Å². The van der Waals surface area contributed by atoms with Gasteiger partial charge >= 0.3 is 0 Å². The first kappa shape index (κ1) is 12.0. The van der Waals surface area contributed by atoms with Gasteiger partial charge in [-0.2, -0.15) is 5.26 Å². The lowest BCUT2D eigenvalue weighted by atomic mass is 10.1. The van der Waals surface area contributed by atoms with E-state index in [1.807, 2.05) is 13.0 Å². The topological polar surface area (TPSA) is 27.0 Å². The number of nitrogens with zero attached hydrogens (tertiary/aromatic N) is 2. The van der Waals surface area contributed by atoms with Crippen molar-refractivity contribution < 1.29 is 0 Å². The van der Waals surface area contributed by atoms with Crippen molar-refractivity contribution in [3.05, 3.63) is 29.3 Å². The van der Waals surface area contributed by atoms with Crippen molar-refractivity contribution in [3.8, 4) is 6.07 Å². The third kappa shape index (κ3) is 2.79. The van der Waals surface area contributed by atoms with Crippen LogP contribution < -0.4 is 4.90 Å². The van der Waals surface area contributed by atoms with Gasteiger partial charge in [0.1, 0.15) is 6.07 Å². The second-order valence-electron chi connectivity index (χ2n) is 5.32. The number of hydrogen-bond acceptors (Lipinski definition) is 2. The first-order valence-corrected chi connectivity index (χ1v) is 6.39. The highest BCUT2D eigenvalue weighted by molar-refractivity contribution is 5.61. The molecule has 1 aromatic carbocycles. The average Bonchev–Trinajstić information content (AvgIpc) is 3.09. The van der Waals surface area contributed by atoms with Crippen molar-refractivity contribution in [3.63, 3.8) is 0 Å². The highest BCUT2D eigenvalue weighted by atomic mass is 15.2. The van der Waals surface area contributed by atoms with Gasteiger partial charge in [-0.05, 0) is 57.2 Å². The number of rotatable bonds is 4. The zero-order chi connectivity index (χ0) is 12.4.